The molecule has 3 nitrogen and oxygen atoms in total. The second-order valence-electron chi connectivity index (χ2n) is 9.94. The Bertz CT molecular complexity index is 908. The summed E-state index contributed by atoms with van der Waals surface area (Å²) in [5.74, 6) is 1.34. The second-order valence-corrected chi connectivity index (χ2v) is 9.94. The van der Waals surface area contributed by atoms with Gasteiger partial charge >= 0.3 is 0 Å². The van der Waals surface area contributed by atoms with Crippen LogP contribution in [-0.4, -0.2) is 39.3 Å². The molecular formula is C28H42BN3. The molecule has 0 aliphatic carbocycles. The third-order valence-electron chi connectivity index (χ3n) is 6.91. The van der Waals surface area contributed by atoms with Crippen molar-refractivity contribution in [2.24, 2.45) is 4.99 Å². The molecule has 0 unspecified atom stereocenters. The highest BCUT2D eigenvalue weighted by Crippen LogP contribution is 2.36. The summed E-state index contributed by atoms with van der Waals surface area (Å²) in [6.45, 7) is 14.0. The van der Waals surface area contributed by atoms with Gasteiger partial charge in [-0.25, -0.2) is 4.90 Å². The lowest BCUT2D eigenvalue weighted by Gasteiger charge is -2.38. The summed E-state index contributed by atoms with van der Waals surface area (Å²) in [4.78, 5) is 8.00. The molecule has 4 heteroatoms. The molecule has 32 heavy (non-hydrogen) atoms. The lowest BCUT2D eigenvalue weighted by atomic mass is 9.28. The number of amidine groups is 2. The van der Waals surface area contributed by atoms with Gasteiger partial charge in [-0.05, 0) is 52.0 Å². The molecule has 2 aromatic carbocycles. The fourth-order valence-electron chi connectivity index (χ4n) is 5.62. The van der Waals surface area contributed by atoms with Gasteiger partial charge in [0.05, 0.1) is 23.0 Å². The molecule has 0 saturated heterocycles. The number of hydrogen-bond donors (Lipinski definition) is 0. The van der Waals surface area contributed by atoms with Gasteiger partial charge in [0.2, 0.25) is 5.84 Å². The molecule has 0 bridgehead atoms. The molecule has 0 radical (unpaired) electrons. The van der Waals surface area contributed by atoms with Crippen molar-refractivity contribution in [1.82, 2.24) is 4.90 Å². The van der Waals surface area contributed by atoms with Crippen LogP contribution < -0.4 is 0 Å². The van der Waals surface area contributed by atoms with Gasteiger partial charge < -0.3 is 4.49 Å². The van der Waals surface area contributed by atoms with Crippen LogP contribution in [0.15, 0.2) is 65.7 Å². The first-order valence-electron chi connectivity index (χ1n) is 12.8. The smallest absolute Gasteiger partial charge is 0.274 e. The van der Waals surface area contributed by atoms with Gasteiger partial charge in [-0.1, -0.05) is 75.9 Å². The first-order chi connectivity index (χ1) is 15.5. The van der Waals surface area contributed by atoms with Crippen LogP contribution in [0.1, 0.15) is 72.8 Å². The van der Waals surface area contributed by atoms with Crippen molar-refractivity contribution >= 4 is 23.5 Å². The highest BCUT2D eigenvalue weighted by molar-refractivity contribution is 7.03. The zero-order valence-corrected chi connectivity index (χ0v) is 21.1. The Morgan fingerprint density at radius 1 is 0.812 bits per heavy atom. The topological polar surface area (TPSA) is 18.6 Å². The van der Waals surface area contributed by atoms with Crippen LogP contribution in [0.2, 0.25) is 12.6 Å². The van der Waals surface area contributed by atoms with E-state index in [2.05, 4.69) is 112 Å². The zero-order valence-electron chi connectivity index (χ0n) is 21.1. The summed E-state index contributed by atoms with van der Waals surface area (Å²) in [7, 11) is 0. The number of unbranched alkanes of at least 4 members (excludes halogenated alkanes) is 2. The van der Waals surface area contributed by atoms with Crippen molar-refractivity contribution in [1.29, 1.82) is 0 Å². The van der Waals surface area contributed by atoms with E-state index in [4.69, 9.17) is 4.99 Å². The van der Waals surface area contributed by atoms with Gasteiger partial charge in [-0.2, -0.15) is 0 Å². The summed E-state index contributed by atoms with van der Waals surface area (Å²) in [6.07, 6.45) is 6.29. The molecule has 0 fully saturated rings. The third kappa shape index (κ3) is 4.85. The number of aliphatic imine (C=N–C) groups is 1. The maximum atomic E-state index is 5.44. The third-order valence-corrected chi connectivity index (χ3v) is 6.91. The van der Waals surface area contributed by atoms with Gasteiger partial charge in [0.1, 0.15) is 0 Å². The Kier molecular flexibility index (Phi) is 8.34. The van der Waals surface area contributed by atoms with Crippen LogP contribution in [0.4, 0.5) is 5.69 Å². The summed E-state index contributed by atoms with van der Waals surface area (Å²) >= 11 is 0. The standard InChI is InChI=1S/C28H42BN3/c1-7-9-21-29(22-10-8-2)28(30-26-19-15-12-16-20-26)31(23(3)4)27(32(29)24(5)6)25-17-13-11-14-18-25/h11-20,23-24H,7-10,21-22H2,1-6H3. The molecule has 0 N–H and O–H groups in total. The Labute approximate surface area is 196 Å². The molecule has 1 aliphatic rings. The number of nitrogens with zero attached hydrogens (tertiary/aromatic N) is 3. The zero-order chi connectivity index (χ0) is 23.1. The minimum absolute atomic E-state index is 0.334. The Morgan fingerprint density at radius 3 is 1.81 bits per heavy atom. The lowest BCUT2D eigenvalue weighted by Crippen LogP contribution is -2.56. The van der Waals surface area contributed by atoms with Gasteiger partial charge in [-0.3, -0.25) is 4.99 Å². The molecule has 0 aromatic heterocycles. The lowest BCUT2D eigenvalue weighted by molar-refractivity contribution is -0.435. The van der Waals surface area contributed by atoms with E-state index in [1.165, 1.54) is 55.5 Å². The monoisotopic (exact) mass is 431 g/mol. The van der Waals surface area contributed by atoms with E-state index in [-0.39, 0.29) is 0 Å². The minimum Gasteiger partial charge on any atom is -0.446 e. The van der Waals surface area contributed by atoms with Gasteiger partial charge in [0, 0.05) is 6.04 Å². The number of para-hydroxylation sites is 1. The van der Waals surface area contributed by atoms with Crippen molar-refractivity contribution in [3.63, 3.8) is 0 Å². The number of benzene rings is 2. The van der Waals surface area contributed by atoms with Gasteiger partial charge in [-0.15, -0.1) is 12.6 Å². The van der Waals surface area contributed by atoms with E-state index in [1.807, 2.05) is 0 Å². The molecule has 0 saturated carbocycles. The summed E-state index contributed by atoms with van der Waals surface area (Å²) < 4.78 is 2.78. The van der Waals surface area contributed by atoms with E-state index in [0.717, 1.165) is 5.69 Å². The highest BCUT2D eigenvalue weighted by atomic mass is 15.3. The van der Waals surface area contributed by atoms with Gasteiger partial charge in [0.15, 0.2) is 0 Å². The quantitative estimate of drug-likeness (QED) is 0.359. The van der Waals surface area contributed by atoms with E-state index >= 15 is 0 Å². The fraction of sp³-hybridized carbons (Fsp3) is 0.500. The number of rotatable bonds is 10. The van der Waals surface area contributed by atoms with Crippen molar-refractivity contribution in [3.05, 3.63) is 66.2 Å². The van der Waals surface area contributed by atoms with Crippen LogP contribution in [0.5, 0.6) is 0 Å². The average Bonchev–Trinajstić information content (AvgIpc) is 3.08. The fourth-order valence-corrected chi connectivity index (χ4v) is 5.62. The van der Waals surface area contributed by atoms with Crippen molar-refractivity contribution in [2.45, 2.75) is 91.9 Å². The first kappa shape index (κ1) is 24.3. The maximum absolute atomic E-state index is 5.44. The van der Waals surface area contributed by atoms with E-state index in [1.54, 1.807) is 0 Å². The SMILES string of the molecule is CCCC[B-]1(CCCC)C(=Nc2ccccc2)N(C(C)C)C(c2ccccc2)=[N+]1C(C)C. The number of hydrogen-bond acceptors (Lipinski definition) is 1. The molecule has 2 aromatic rings. The summed E-state index contributed by atoms with van der Waals surface area (Å²) in [5.41, 5.74) is 3.65. The molecule has 1 aliphatic heterocycles. The van der Waals surface area contributed by atoms with E-state index in [9.17, 15) is 0 Å². The van der Waals surface area contributed by atoms with E-state index < -0.39 is 6.28 Å². The molecule has 0 amide bonds. The molecule has 172 valence electrons. The van der Waals surface area contributed by atoms with Crippen LogP contribution >= 0.6 is 0 Å². The first-order valence-corrected chi connectivity index (χ1v) is 12.8. The minimum atomic E-state index is -0.986. The molecule has 0 spiro atoms. The van der Waals surface area contributed by atoms with Crippen LogP contribution in [0, 0.1) is 0 Å². The molecular weight excluding hydrogens is 389 g/mol. The summed E-state index contributed by atoms with van der Waals surface area (Å²) in [6, 6.07) is 22.3. The van der Waals surface area contributed by atoms with Crippen molar-refractivity contribution < 1.29 is 4.49 Å². The predicted molar refractivity (Wildman–Crippen MR) is 142 cm³/mol. The molecule has 3 rings (SSSR count). The summed E-state index contributed by atoms with van der Waals surface area (Å²) in [5, 5.41) is 0. The molecule has 1 heterocycles. The normalized spacial score (nSPS) is 17.2. The van der Waals surface area contributed by atoms with Crippen molar-refractivity contribution in [2.75, 3.05) is 0 Å². The van der Waals surface area contributed by atoms with Crippen LogP contribution in [0.25, 0.3) is 0 Å². The predicted octanol–water partition coefficient (Wildman–Crippen LogP) is 7.39. The van der Waals surface area contributed by atoms with Gasteiger partial charge in [0.25, 0.3) is 6.28 Å². The second kappa shape index (κ2) is 11.0. The Hall–Kier alpha value is -2.36. The van der Waals surface area contributed by atoms with Crippen LogP contribution in [-0.2, 0) is 0 Å². The highest BCUT2D eigenvalue weighted by Gasteiger charge is 2.53. The largest absolute Gasteiger partial charge is 0.446 e. The van der Waals surface area contributed by atoms with Crippen LogP contribution in [0.3, 0.4) is 0 Å². The maximum Gasteiger partial charge on any atom is 0.274 e. The van der Waals surface area contributed by atoms with Crippen molar-refractivity contribution in [3.8, 4) is 0 Å². The Morgan fingerprint density at radius 2 is 1.34 bits per heavy atom. The van der Waals surface area contributed by atoms with E-state index in [0.29, 0.717) is 12.1 Å². The molecule has 0 atom stereocenters. The Balaban J connectivity index is 2.36. The average molecular weight is 431 g/mol.